The van der Waals surface area contributed by atoms with Gasteiger partial charge in [0, 0.05) is 62.8 Å². The first-order valence-electron chi connectivity index (χ1n) is 16.1. The largest absolute Gasteiger partial charge is 0.507 e. The Hall–Kier alpha value is -3.18. The van der Waals surface area contributed by atoms with Crippen LogP contribution in [-0.4, -0.2) is 109 Å². The molecule has 2 aliphatic carbocycles. The summed E-state index contributed by atoms with van der Waals surface area (Å²) < 4.78 is 40.9. The lowest BCUT2D eigenvalue weighted by Crippen LogP contribution is -2.62. The number of hydrogen-bond donors (Lipinski definition) is 5. The van der Waals surface area contributed by atoms with Gasteiger partial charge in [0.25, 0.3) is 0 Å². The number of aliphatic hydroxyl groups is 2. The van der Waals surface area contributed by atoms with Gasteiger partial charge in [0.15, 0.2) is 18.4 Å². The quantitative estimate of drug-likeness (QED) is 0.163. The molecule has 4 aliphatic rings. The van der Waals surface area contributed by atoms with Crippen LogP contribution in [0, 0.1) is 0 Å². The fraction of sp³-hybridized carbons (Fsp3) is 0.588. The smallest absolute Gasteiger partial charge is 0.221 e. The van der Waals surface area contributed by atoms with E-state index in [0.717, 1.165) is 19.3 Å². The molecule has 48 heavy (non-hydrogen) atoms. The summed E-state index contributed by atoms with van der Waals surface area (Å²) in [5, 5.41) is 46.2. The highest BCUT2D eigenvalue weighted by Crippen LogP contribution is 2.54. The second kappa shape index (κ2) is 13.3. The van der Waals surface area contributed by atoms with Crippen LogP contribution >= 0.6 is 0 Å². The minimum absolute atomic E-state index is 0.0205. The first-order chi connectivity index (χ1) is 22.9. The Bertz CT molecular complexity index is 1550. The van der Waals surface area contributed by atoms with E-state index in [9.17, 15) is 30.0 Å². The molecule has 0 aromatic heterocycles. The van der Waals surface area contributed by atoms with Crippen LogP contribution < -0.4 is 10.5 Å². The maximum Gasteiger partial charge on any atom is 0.221 e. The number of carbonyl (C=O) groups is 2. The van der Waals surface area contributed by atoms with Crippen molar-refractivity contribution in [2.75, 3.05) is 34.5 Å². The van der Waals surface area contributed by atoms with Crippen LogP contribution in [0.4, 0.5) is 0 Å². The summed E-state index contributed by atoms with van der Waals surface area (Å²) in [4.78, 5) is 27.8. The van der Waals surface area contributed by atoms with E-state index in [2.05, 4.69) is 0 Å². The molecule has 1 unspecified atom stereocenters. The van der Waals surface area contributed by atoms with Gasteiger partial charge in [-0.3, -0.25) is 9.59 Å². The molecule has 2 aromatic rings. The number of aromatic hydroxyl groups is 2. The maximum atomic E-state index is 14.0. The van der Waals surface area contributed by atoms with Crippen molar-refractivity contribution in [1.29, 1.82) is 0 Å². The average Bonchev–Trinajstić information content (AvgIpc) is 3.07. The Kier molecular flexibility index (Phi) is 9.58. The number of benzene rings is 2. The van der Waals surface area contributed by atoms with E-state index in [1.165, 1.54) is 39.5 Å². The Morgan fingerprint density at radius 2 is 1.73 bits per heavy atom. The summed E-state index contributed by atoms with van der Waals surface area (Å²) in [6.45, 7) is 1.59. The molecule has 14 nitrogen and oxygen atoms in total. The van der Waals surface area contributed by atoms with Crippen LogP contribution in [0.2, 0.25) is 0 Å². The number of fused-ring (bicyclic) bond motifs is 3. The normalized spacial score (nSPS) is 30.4. The van der Waals surface area contributed by atoms with E-state index in [0.29, 0.717) is 6.61 Å². The third-order valence-corrected chi connectivity index (χ3v) is 10.1. The number of carbonyl (C=O) groups excluding carboxylic acids is 2. The topological polar surface area (TPSA) is 206 Å². The van der Waals surface area contributed by atoms with Gasteiger partial charge in [-0.1, -0.05) is 12.1 Å². The molecule has 6 N–H and O–H groups in total. The summed E-state index contributed by atoms with van der Waals surface area (Å²) in [6.07, 6.45) is -1.71. The van der Waals surface area contributed by atoms with Crippen molar-refractivity contribution in [1.82, 2.24) is 0 Å². The van der Waals surface area contributed by atoms with E-state index >= 15 is 0 Å². The van der Waals surface area contributed by atoms with Gasteiger partial charge in [-0.05, 0) is 32.3 Å². The van der Waals surface area contributed by atoms with Crippen molar-refractivity contribution in [3.8, 4) is 17.2 Å². The molecule has 2 aromatic carbocycles. The number of nitrogens with two attached hydrogens (primary N) is 1. The molecule has 14 heteroatoms. The molecular weight excluding hydrogens is 630 g/mol. The van der Waals surface area contributed by atoms with Crippen LogP contribution in [0.3, 0.4) is 0 Å². The van der Waals surface area contributed by atoms with E-state index in [1.54, 1.807) is 6.92 Å². The van der Waals surface area contributed by atoms with Crippen molar-refractivity contribution in [3.05, 3.63) is 51.6 Å². The van der Waals surface area contributed by atoms with Gasteiger partial charge in [0.1, 0.15) is 35.6 Å². The van der Waals surface area contributed by atoms with Gasteiger partial charge >= 0.3 is 0 Å². The average molecular weight is 674 g/mol. The van der Waals surface area contributed by atoms with E-state index in [4.69, 9.17) is 38.9 Å². The number of aliphatic hydroxyl groups excluding tert-OH is 1. The van der Waals surface area contributed by atoms with E-state index in [-0.39, 0.29) is 40.8 Å². The number of methoxy groups -OCH3 is 3. The van der Waals surface area contributed by atoms with Crippen LogP contribution in [0.1, 0.15) is 88.1 Å². The molecule has 2 saturated heterocycles. The highest BCUT2D eigenvalue weighted by Gasteiger charge is 2.58. The van der Waals surface area contributed by atoms with Gasteiger partial charge in [0.2, 0.25) is 11.6 Å². The monoisotopic (exact) mass is 673 g/mol. The fourth-order valence-corrected chi connectivity index (χ4v) is 7.62. The van der Waals surface area contributed by atoms with Crippen LogP contribution in [-0.2, 0) is 34.8 Å². The molecular formula is C34H43NO13. The second-order valence-electron chi connectivity index (χ2n) is 12.8. The molecule has 2 heterocycles. The summed E-state index contributed by atoms with van der Waals surface area (Å²) in [7, 11) is 3.83. The lowest BCUT2D eigenvalue weighted by molar-refractivity contribution is -0.330. The minimum Gasteiger partial charge on any atom is -0.507 e. The predicted octanol–water partition coefficient (Wildman–Crippen LogP) is 1.97. The van der Waals surface area contributed by atoms with Gasteiger partial charge in [0.05, 0.1) is 36.0 Å². The van der Waals surface area contributed by atoms with Crippen molar-refractivity contribution >= 4 is 11.6 Å². The fourth-order valence-electron chi connectivity index (χ4n) is 7.62. The van der Waals surface area contributed by atoms with Crippen molar-refractivity contribution in [2.45, 2.75) is 93.8 Å². The van der Waals surface area contributed by atoms with Gasteiger partial charge < -0.3 is 59.3 Å². The molecule has 262 valence electrons. The lowest BCUT2D eigenvalue weighted by Gasteiger charge is -2.49. The Balaban J connectivity index is 1.42. The zero-order valence-electron chi connectivity index (χ0n) is 27.4. The summed E-state index contributed by atoms with van der Waals surface area (Å²) in [6, 6.07) is 3.93. The van der Waals surface area contributed by atoms with Crippen LogP contribution in [0.15, 0.2) is 18.2 Å². The first kappa shape index (κ1) is 34.7. The Labute approximate surface area is 277 Å². The molecule has 0 saturated carbocycles. The van der Waals surface area contributed by atoms with Crippen LogP contribution in [0.5, 0.6) is 17.2 Å². The molecule has 0 bridgehead atoms. The number of ketones is 2. The Morgan fingerprint density at radius 1 is 1.00 bits per heavy atom. The molecule has 0 amide bonds. The summed E-state index contributed by atoms with van der Waals surface area (Å²) in [5.74, 6) is -4.59. The standard InChI is InChI=1S/C34H43NO13/c1-16-32(48-22-10-5-6-11-45-22)19(35)12-23(46-16)47-21-14-33(41,34(15-36,43-3)44-4)13-18-25(21)31(40)27-26(29(18)38)28(37)17-8-7-9-20(42-2)24(17)30(27)39/h7-9,16,19,21-23,32,36,38,40-41H,5-6,10-15,35H2,1-4H3/t16?,19-,21+,22-,23+,32-,33+/m1/s1. The zero-order chi connectivity index (χ0) is 34.5. The Morgan fingerprint density at radius 3 is 2.35 bits per heavy atom. The highest BCUT2D eigenvalue weighted by atomic mass is 16.7. The molecule has 6 rings (SSSR count). The van der Waals surface area contributed by atoms with Gasteiger partial charge in [-0.25, -0.2) is 0 Å². The number of phenolic OH excluding ortho intramolecular Hbond substituents is 2. The van der Waals surface area contributed by atoms with Crippen molar-refractivity contribution in [2.24, 2.45) is 5.73 Å². The number of rotatable bonds is 9. The summed E-state index contributed by atoms with van der Waals surface area (Å²) in [5.41, 5.74) is 3.43. The maximum absolute atomic E-state index is 14.0. The molecule has 2 fully saturated rings. The number of ether oxygens (including phenoxy) is 7. The highest BCUT2D eigenvalue weighted by molar-refractivity contribution is 6.31. The zero-order valence-corrected chi connectivity index (χ0v) is 27.4. The van der Waals surface area contributed by atoms with Crippen LogP contribution in [0.25, 0.3) is 0 Å². The summed E-state index contributed by atoms with van der Waals surface area (Å²) >= 11 is 0. The third-order valence-electron chi connectivity index (χ3n) is 10.1. The molecule has 2 aliphatic heterocycles. The van der Waals surface area contributed by atoms with E-state index in [1.807, 2.05) is 0 Å². The second-order valence-corrected chi connectivity index (χ2v) is 12.8. The molecule has 0 radical (unpaired) electrons. The first-order valence-corrected chi connectivity index (χ1v) is 16.1. The van der Waals surface area contributed by atoms with Gasteiger partial charge in [-0.2, -0.15) is 0 Å². The molecule has 7 atom stereocenters. The number of phenols is 2. The third kappa shape index (κ3) is 5.49. The molecule has 0 spiro atoms. The van der Waals surface area contributed by atoms with Crippen molar-refractivity contribution in [3.63, 3.8) is 0 Å². The predicted molar refractivity (Wildman–Crippen MR) is 166 cm³/mol. The lowest BCUT2D eigenvalue weighted by atomic mass is 9.70. The van der Waals surface area contributed by atoms with Gasteiger partial charge in [-0.15, -0.1) is 0 Å². The minimum atomic E-state index is -2.09. The van der Waals surface area contributed by atoms with Crippen molar-refractivity contribution < 1.29 is 63.2 Å². The SMILES string of the molecule is COc1cccc2c1C(=O)c1c(O)c3c(c(O)c1C2=O)C[C@@](O)(C(CO)(OC)OC)C[C@@H]3O[C@H]1C[C@@H](N)[C@H](O[C@@H]2CCCCO2)C(C)O1. The number of hydrogen-bond acceptors (Lipinski definition) is 14. The van der Waals surface area contributed by atoms with E-state index < -0.39 is 95.5 Å².